The van der Waals surface area contributed by atoms with Gasteiger partial charge in [-0.1, -0.05) is 0 Å². The van der Waals surface area contributed by atoms with Crippen molar-refractivity contribution < 1.29 is 24.1 Å². The van der Waals surface area contributed by atoms with Crippen LogP contribution in [-0.2, 0) is 16.1 Å². The number of rotatable bonds is 8. The third-order valence-corrected chi connectivity index (χ3v) is 9.49. The minimum absolute atomic E-state index is 0.00197. The maximum atomic E-state index is 12.8. The molecule has 1 aromatic carbocycles. The molecule has 0 aliphatic carbocycles. The monoisotopic (exact) mass is 514 g/mol. The molecule has 38 heavy (non-hydrogen) atoms. The van der Waals surface area contributed by atoms with Gasteiger partial charge in [0.25, 0.3) is 0 Å². The summed E-state index contributed by atoms with van der Waals surface area (Å²) >= 11 is 0. The molecule has 0 spiro atoms. The van der Waals surface area contributed by atoms with Crippen LogP contribution in [0.15, 0.2) is 29.2 Å². The highest BCUT2D eigenvalue weighted by molar-refractivity contribution is 6.61. The van der Waals surface area contributed by atoms with Gasteiger partial charge in [0, 0.05) is 43.0 Å². The molecule has 1 saturated heterocycles. The lowest BCUT2D eigenvalue weighted by atomic mass is 9.24. The molecule has 1 fully saturated rings. The van der Waals surface area contributed by atoms with Gasteiger partial charge in [-0.25, -0.2) is 4.79 Å². The number of benzene rings is 1. The molecule has 1 atom stereocenters. The highest BCUT2D eigenvalue weighted by Crippen LogP contribution is 2.50. The number of carboxylic acid groups (broad SMARTS) is 1. The zero-order valence-corrected chi connectivity index (χ0v) is 24.4. The summed E-state index contributed by atoms with van der Waals surface area (Å²) in [5.74, 6) is -0.490. The van der Waals surface area contributed by atoms with Crippen LogP contribution in [0.1, 0.15) is 54.2 Å². The molecule has 8 nitrogen and oxygen atoms in total. The number of carboxylic acids is 1. The Morgan fingerprint density at radius 2 is 1.76 bits per heavy atom. The fourth-order valence-corrected chi connectivity index (χ4v) is 5.83. The molecule has 2 aromatic rings. The molecule has 4 rings (SSSR count). The minimum atomic E-state index is -1.22. The van der Waals surface area contributed by atoms with Crippen LogP contribution in [0, 0.1) is 0 Å². The van der Waals surface area contributed by atoms with Crippen molar-refractivity contribution in [2.45, 2.75) is 60.9 Å². The molecule has 0 saturated carbocycles. The zero-order valence-electron chi connectivity index (χ0n) is 24.4. The maximum absolute atomic E-state index is 12.8. The number of pyridine rings is 1. The Morgan fingerprint density at radius 1 is 1.11 bits per heavy atom. The van der Waals surface area contributed by atoms with Crippen molar-refractivity contribution in [1.82, 2.24) is 4.68 Å². The fourth-order valence-electron chi connectivity index (χ4n) is 5.83. The zero-order chi connectivity index (χ0) is 28.4. The van der Waals surface area contributed by atoms with E-state index in [9.17, 15) is 14.7 Å². The molecule has 2 aliphatic heterocycles. The number of carbonyl (C=O) groups is 1. The minimum Gasteiger partial charge on any atom is -0.506 e. The summed E-state index contributed by atoms with van der Waals surface area (Å²) in [5, 5.41) is 10.4. The number of aromatic carboxylic acids is 1. The van der Waals surface area contributed by atoms with Crippen LogP contribution in [0.2, 0.25) is 5.21 Å². The van der Waals surface area contributed by atoms with E-state index in [4.69, 9.17) is 14.2 Å². The van der Waals surface area contributed by atoms with Gasteiger partial charge in [0.05, 0.1) is 23.9 Å². The van der Waals surface area contributed by atoms with E-state index in [-0.39, 0.29) is 22.4 Å². The summed E-state index contributed by atoms with van der Waals surface area (Å²) in [6.07, 6.45) is 3.28. The maximum Gasteiger partial charge on any atom is 0.341 e. The average molecular weight is 513 g/mol. The first kappa shape index (κ1) is 28.6. The van der Waals surface area contributed by atoms with Gasteiger partial charge in [-0.2, -0.15) is 0 Å². The van der Waals surface area contributed by atoms with Gasteiger partial charge < -0.3 is 19.3 Å². The summed E-state index contributed by atoms with van der Waals surface area (Å²) in [4.78, 5) is 24.6. The van der Waals surface area contributed by atoms with Crippen molar-refractivity contribution in [2.75, 3.05) is 19.2 Å². The van der Waals surface area contributed by atoms with Gasteiger partial charge in [0.2, 0.25) is 0 Å². The molecule has 3 heterocycles. The first-order valence-corrected chi connectivity index (χ1v) is 13.2. The van der Waals surface area contributed by atoms with Crippen molar-refractivity contribution in [1.29, 1.82) is 0 Å². The van der Waals surface area contributed by atoms with E-state index in [1.165, 1.54) is 12.3 Å². The van der Waals surface area contributed by atoms with Crippen LogP contribution >= 0.6 is 0 Å². The highest BCUT2D eigenvalue weighted by Gasteiger charge is 2.50. The summed E-state index contributed by atoms with van der Waals surface area (Å²) in [6.45, 7) is 4.62. The van der Waals surface area contributed by atoms with Crippen molar-refractivity contribution in [3.63, 3.8) is 0 Å². The first-order valence-electron chi connectivity index (χ1n) is 13.2. The van der Waals surface area contributed by atoms with Crippen LogP contribution in [-0.4, -0.2) is 93.4 Å². The molecule has 196 valence electrons. The number of fused-ring (bicyclic) bond motifs is 6. The summed E-state index contributed by atoms with van der Waals surface area (Å²) < 4.78 is 20.1. The second-order valence-electron chi connectivity index (χ2n) is 12.7. The van der Waals surface area contributed by atoms with Crippen molar-refractivity contribution in [3.8, 4) is 17.0 Å². The standard InChI is InChI=1S/C24H36B6N2O6/c1-21(2)6-5-16-14-8-19(38-24(29,30)22(25,26)23(27,28)37-4)12(11-36-3)7-13(14)17-9-18(33)15(20(34)35)10-31(17)32(16)21/h7-10,16H,5-6,11,25-30H2,1-4H3,(H,34,35)/t16-/m1/s1. The molecule has 0 radical (unpaired) electrons. The Kier molecular flexibility index (Phi) is 7.01. The van der Waals surface area contributed by atoms with Gasteiger partial charge in [-0.3, -0.25) is 14.5 Å². The number of hydrogen-bond donors (Lipinski definition) is 1. The molecule has 0 amide bonds. The lowest BCUT2D eigenvalue weighted by molar-refractivity contribution is 0.0693. The first-order chi connectivity index (χ1) is 17.5. The van der Waals surface area contributed by atoms with Gasteiger partial charge in [0.15, 0.2) is 5.43 Å². The van der Waals surface area contributed by atoms with Gasteiger partial charge >= 0.3 is 5.97 Å². The van der Waals surface area contributed by atoms with Crippen molar-refractivity contribution in [3.05, 3.63) is 51.3 Å². The van der Waals surface area contributed by atoms with E-state index in [2.05, 4.69) is 72.0 Å². The number of aromatic nitrogens is 1. The second-order valence-corrected chi connectivity index (χ2v) is 12.7. The number of ether oxygens (including phenoxy) is 3. The predicted octanol–water partition coefficient (Wildman–Crippen LogP) is -2.83. The van der Waals surface area contributed by atoms with E-state index in [0.29, 0.717) is 12.3 Å². The Labute approximate surface area is 230 Å². The lowest BCUT2D eigenvalue weighted by Crippen LogP contribution is -2.63. The number of hydrogen-bond acceptors (Lipinski definition) is 6. The van der Waals surface area contributed by atoms with Crippen LogP contribution in [0.5, 0.6) is 5.75 Å². The molecule has 0 unspecified atom stereocenters. The summed E-state index contributed by atoms with van der Waals surface area (Å²) in [6, 6.07) is 5.58. The Bertz CT molecular complexity index is 1340. The SMILES string of the molecule is BC(B)(OC)C(B)(B)C(B)(B)Oc1cc2c(cc1COC)-c1cc(=O)c(C(=O)O)cn1N1[C@@H]2CCC1(C)C. The molecule has 1 N–H and O–H groups in total. The van der Waals surface area contributed by atoms with Gasteiger partial charge in [-0.15, -0.1) is 0 Å². The average Bonchev–Trinajstić information content (AvgIpc) is 3.14. The topological polar surface area (TPSA) is 90.2 Å². The second kappa shape index (κ2) is 9.33. The Hall–Kier alpha value is -2.45. The van der Waals surface area contributed by atoms with E-state index >= 15 is 0 Å². The molecule has 1 aromatic heterocycles. The van der Waals surface area contributed by atoms with Crippen LogP contribution in [0.4, 0.5) is 0 Å². The quantitative estimate of drug-likeness (QED) is 0.381. The van der Waals surface area contributed by atoms with Crippen LogP contribution in [0.3, 0.4) is 0 Å². The van der Waals surface area contributed by atoms with E-state index < -0.39 is 22.2 Å². The van der Waals surface area contributed by atoms with Crippen LogP contribution in [0.25, 0.3) is 11.3 Å². The van der Waals surface area contributed by atoms with Crippen molar-refractivity contribution in [2.24, 2.45) is 0 Å². The lowest BCUT2D eigenvalue weighted by Gasteiger charge is -2.52. The molecule has 14 heteroatoms. The smallest absolute Gasteiger partial charge is 0.341 e. The molecular weight excluding hydrogens is 477 g/mol. The van der Waals surface area contributed by atoms with E-state index in [1.54, 1.807) is 14.2 Å². The molecule has 2 aliphatic rings. The molecular formula is C24H36B6N2O6. The fraction of sp³-hybridized carbons (Fsp3) is 0.500. The largest absolute Gasteiger partial charge is 0.506 e. The normalized spacial score (nSPS) is 18.4. The number of nitrogens with zero attached hydrogens (tertiary/aromatic N) is 2. The highest BCUT2D eigenvalue weighted by atomic mass is 16.5. The third-order valence-electron chi connectivity index (χ3n) is 9.49. The van der Waals surface area contributed by atoms with E-state index in [0.717, 1.165) is 35.3 Å². The van der Waals surface area contributed by atoms with Crippen molar-refractivity contribution >= 4 is 53.0 Å². The number of methoxy groups -OCH3 is 2. The van der Waals surface area contributed by atoms with Gasteiger partial charge in [-0.05, 0) is 55.0 Å². The molecule has 0 bridgehead atoms. The summed E-state index contributed by atoms with van der Waals surface area (Å²) in [7, 11) is 16.0. The Morgan fingerprint density at radius 3 is 2.34 bits per heavy atom. The predicted molar refractivity (Wildman–Crippen MR) is 165 cm³/mol. The Balaban J connectivity index is 1.94. The van der Waals surface area contributed by atoms with E-state index in [1.807, 2.05) is 10.7 Å². The van der Waals surface area contributed by atoms with Crippen LogP contribution < -0.4 is 15.2 Å². The van der Waals surface area contributed by atoms with Gasteiger partial charge in [0.1, 0.15) is 58.4 Å². The summed E-state index contributed by atoms with van der Waals surface area (Å²) in [5.41, 5.74) is 2.50. The third kappa shape index (κ3) is 4.34.